The molecule has 0 saturated carbocycles. The van der Waals surface area contributed by atoms with Gasteiger partial charge in [-0.1, -0.05) is 36.7 Å². The van der Waals surface area contributed by atoms with E-state index in [2.05, 4.69) is 39.3 Å². The van der Waals surface area contributed by atoms with E-state index in [0.717, 1.165) is 22.8 Å². The first kappa shape index (κ1) is 26.8. The standard InChI is InChI=1S/C29H32ClN7O2/c1-19(2)36-16-20(3)26(18-35(4)17-21-8-10-22(30)11-9-21)39-27-24(6-5-7-25(27)29(36)38)28-32-34-37(33-28)23-12-14-31-15-13-23/h5-15,19-20,26H,16-18H2,1-4H3/t20-,26+/m0/s1. The van der Waals surface area contributed by atoms with Crippen LogP contribution in [-0.2, 0) is 6.54 Å². The number of aromatic nitrogens is 5. The summed E-state index contributed by atoms with van der Waals surface area (Å²) in [5.74, 6) is 0.877. The highest BCUT2D eigenvalue weighted by molar-refractivity contribution is 6.30. The normalized spacial score (nSPS) is 17.6. The van der Waals surface area contributed by atoms with Gasteiger partial charge in [-0.25, -0.2) is 0 Å². The van der Waals surface area contributed by atoms with Crippen molar-refractivity contribution in [2.45, 2.75) is 39.5 Å². The lowest BCUT2D eigenvalue weighted by Gasteiger charge is -2.38. The Morgan fingerprint density at radius 1 is 1.08 bits per heavy atom. The second-order valence-electron chi connectivity index (χ2n) is 10.3. The van der Waals surface area contributed by atoms with Gasteiger partial charge in [0.05, 0.1) is 16.8 Å². The Balaban J connectivity index is 1.50. The van der Waals surface area contributed by atoms with Gasteiger partial charge in [0, 0.05) is 49.0 Å². The molecule has 0 aliphatic carbocycles. The van der Waals surface area contributed by atoms with Crippen molar-refractivity contribution >= 4 is 17.5 Å². The average Bonchev–Trinajstić information content (AvgIpc) is 3.42. The molecule has 9 nitrogen and oxygen atoms in total. The van der Waals surface area contributed by atoms with Gasteiger partial charge in [0.25, 0.3) is 5.91 Å². The van der Waals surface area contributed by atoms with Gasteiger partial charge < -0.3 is 9.64 Å². The number of likely N-dealkylation sites (N-methyl/N-ethyl adjacent to an activating group) is 1. The Morgan fingerprint density at radius 3 is 2.51 bits per heavy atom. The third-order valence-corrected chi connectivity index (χ3v) is 7.18. The predicted octanol–water partition coefficient (Wildman–Crippen LogP) is 4.76. The van der Waals surface area contributed by atoms with Crippen molar-refractivity contribution in [1.29, 1.82) is 0 Å². The van der Waals surface area contributed by atoms with E-state index in [1.54, 1.807) is 24.5 Å². The van der Waals surface area contributed by atoms with Gasteiger partial charge in [0.2, 0.25) is 5.82 Å². The van der Waals surface area contributed by atoms with Crippen LogP contribution in [0.4, 0.5) is 0 Å². The highest BCUT2D eigenvalue weighted by Gasteiger charge is 2.34. The summed E-state index contributed by atoms with van der Waals surface area (Å²) >= 11 is 6.07. The molecule has 3 heterocycles. The number of hydrogen-bond donors (Lipinski definition) is 0. The van der Waals surface area contributed by atoms with Gasteiger partial charge in [0.1, 0.15) is 11.9 Å². The highest BCUT2D eigenvalue weighted by atomic mass is 35.5. The van der Waals surface area contributed by atoms with Gasteiger partial charge >= 0.3 is 0 Å². The molecule has 5 rings (SSSR count). The van der Waals surface area contributed by atoms with E-state index in [0.29, 0.717) is 35.8 Å². The summed E-state index contributed by atoms with van der Waals surface area (Å²) < 4.78 is 6.74. The van der Waals surface area contributed by atoms with Crippen molar-refractivity contribution in [3.8, 4) is 22.8 Å². The Bertz CT molecular complexity index is 1430. The first-order chi connectivity index (χ1) is 18.8. The van der Waals surface area contributed by atoms with Crippen LogP contribution < -0.4 is 4.74 Å². The van der Waals surface area contributed by atoms with Crippen LogP contribution >= 0.6 is 11.6 Å². The predicted molar refractivity (Wildman–Crippen MR) is 150 cm³/mol. The summed E-state index contributed by atoms with van der Waals surface area (Å²) in [6, 6.07) is 17.0. The zero-order valence-corrected chi connectivity index (χ0v) is 23.3. The molecule has 2 atom stereocenters. The smallest absolute Gasteiger partial charge is 0.257 e. The van der Waals surface area contributed by atoms with Crippen LogP contribution in [0.3, 0.4) is 0 Å². The second-order valence-corrected chi connectivity index (χ2v) is 10.7. The van der Waals surface area contributed by atoms with E-state index in [-0.39, 0.29) is 24.0 Å². The summed E-state index contributed by atoms with van der Waals surface area (Å²) in [5.41, 5.74) is 3.03. The van der Waals surface area contributed by atoms with Crippen LogP contribution in [0, 0.1) is 5.92 Å². The molecular formula is C29H32ClN7O2. The molecule has 0 spiro atoms. The SMILES string of the molecule is CC(C)N1C[C@H](C)[C@@H](CN(C)Cc2ccc(Cl)cc2)Oc2c(cccc2-c2nnn(-c3ccncc3)n2)C1=O. The monoisotopic (exact) mass is 545 g/mol. The zero-order chi connectivity index (χ0) is 27.5. The summed E-state index contributed by atoms with van der Waals surface area (Å²) in [6.07, 6.45) is 3.16. The molecule has 0 bridgehead atoms. The fourth-order valence-corrected chi connectivity index (χ4v) is 4.91. The van der Waals surface area contributed by atoms with Crippen LogP contribution in [0.1, 0.15) is 36.7 Å². The second kappa shape index (κ2) is 11.5. The topological polar surface area (TPSA) is 89.3 Å². The number of carbonyl (C=O) groups is 1. The van der Waals surface area contributed by atoms with E-state index in [1.807, 2.05) is 61.2 Å². The van der Waals surface area contributed by atoms with Crippen molar-refractivity contribution in [1.82, 2.24) is 35.0 Å². The lowest BCUT2D eigenvalue weighted by Crippen LogP contribution is -2.48. The van der Waals surface area contributed by atoms with Crippen molar-refractivity contribution < 1.29 is 9.53 Å². The maximum Gasteiger partial charge on any atom is 0.257 e. The molecule has 202 valence electrons. The number of amides is 1. The fourth-order valence-electron chi connectivity index (χ4n) is 4.79. The molecule has 0 unspecified atom stereocenters. The molecule has 4 aromatic rings. The van der Waals surface area contributed by atoms with Crippen LogP contribution in [0.25, 0.3) is 17.1 Å². The van der Waals surface area contributed by atoms with Gasteiger partial charge in [-0.3, -0.25) is 14.7 Å². The fraction of sp³-hybridized carbons (Fsp3) is 0.345. The minimum absolute atomic E-state index is 0.0349. The Kier molecular flexibility index (Phi) is 7.90. The third kappa shape index (κ3) is 5.94. The third-order valence-electron chi connectivity index (χ3n) is 6.92. The molecule has 0 fully saturated rings. The van der Waals surface area contributed by atoms with E-state index >= 15 is 0 Å². The first-order valence-corrected chi connectivity index (χ1v) is 13.4. The molecule has 0 radical (unpaired) electrons. The molecule has 1 amide bonds. The van der Waals surface area contributed by atoms with Crippen molar-refractivity contribution in [3.63, 3.8) is 0 Å². The highest BCUT2D eigenvalue weighted by Crippen LogP contribution is 2.36. The first-order valence-electron chi connectivity index (χ1n) is 13.0. The number of ether oxygens (including phenoxy) is 1. The summed E-state index contributed by atoms with van der Waals surface area (Å²) in [4.78, 5) is 23.4. The summed E-state index contributed by atoms with van der Waals surface area (Å²) in [7, 11) is 2.07. The largest absolute Gasteiger partial charge is 0.487 e. The van der Waals surface area contributed by atoms with E-state index in [4.69, 9.17) is 16.3 Å². The number of carbonyl (C=O) groups excluding carboxylic acids is 1. The lowest BCUT2D eigenvalue weighted by molar-refractivity contribution is 0.0433. The number of fused-ring (bicyclic) bond motifs is 1. The molecule has 39 heavy (non-hydrogen) atoms. The van der Waals surface area contributed by atoms with E-state index in [1.165, 1.54) is 4.80 Å². The molecule has 1 aliphatic rings. The summed E-state index contributed by atoms with van der Waals surface area (Å²) in [5, 5.41) is 13.9. The maximum atomic E-state index is 13.7. The molecule has 10 heteroatoms. The minimum atomic E-state index is -0.188. The van der Waals surface area contributed by atoms with Crippen LogP contribution in [0.2, 0.25) is 5.02 Å². The van der Waals surface area contributed by atoms with Crippen molar-refractivity contribution in [3.05, 3.63) is 83.1 Å². The average molecular weight is 546 g/mol. The van der Waals surface area contributed by atoms with Gasteiger partial charge in [0.15, 0.2) is 0 Å². The lowest BCUT2D eigenvalue weighted by atomic mass is 9.98. The zero-order valence-electron chi connectivity index (χ0n) is 22.5. The number of rotatable bonds is 7. The number of hydrogen-bond acceptors (Lipinski definition) is 7. The van der Waals surface area contributed by atoms with Gasteiger partial charge in [-0.05, 0) is 68.1 Å². The maximum absolute atomic E-state index is 13.7. The van der Waals surface area contributed by atoms with Crippen molar-refractivity contribution in [2.24, 2.45) is 5.92 Å². The Morgan fingerprint density at radius 2 is 1.79 bits per heavy atom. The molecular weight excluding hydrogens is 514 g/mol. The number of halogens is 1. The molecule has 1 aliphatic heterocycles. The van der Waals surface area contributed by atoms with Crippen LogP contribution in [0.5, 0.6) is 5.75 Å². The van der Waals surface area contributed by atoms with E-state index < -0.39 is 0 Å². The number of pyridine rings is 1. The van der Waals surface area contributed by atoms with E-state index in [9.17, 15) is 4.79 Å². The molecule has 0 N–H and O–H groups in total. The van der Waals surface area contributed by atoms with Gasteiger partial charge in [-0.15, -0.1) is 15.0 Å². The number of tetrazole rings is 1. The number of nitrogens with zero attached hydrogens (tertiary/aromatic N) is 7. The van der Waals surface area contributed by atoms with Crippen LogP contribution in [0.15, 0.2) is 67.0 Å². The quantitative estimate of drug-likeness (QED) is 0.331. The molecule has 0 saturated heterocycles. The molecule has 2 aromatic carbocycles. The number of benzene rings is 2. The summed E-state index contributed by atoms with van der Waals surface area (Å²) in [6.45, 7) is 8.22. The number of para-hydroxylation sites is 1. The van der Waals surface area contributed by atoms with Crippen molar-refractivity contribution in [2.75, 3.05) is 20.1 Å². The Hall–Kier alpha value is -3.82. The molecule has 2 aromatic heterocycles. The van der Waals surface area contributed by atoms with Gasteiger partial charge in [-0.2, -0.15) is 0 Å². The van der Waals surface area contributed by atoms with Crippen LogP contribution in [-0.4, -0.2) is 73.2 Å². The Labute approximate surface area is 233 Å². The minimum Gasteiger partial charge on any atom is -0.487 e.